The van der Waals surface area contributed by atoms with E-state index in [0.717, 1.165) is 11.8 Å². The van der Waals surface area contributed by atoms with Crippen LogP contribution < -0.4 is 5.56 Å². The normalized spacial score (nSPS) is 10.7. The molecule has 0 atom stereocenters. The second-order valence-corrected chi connectivity index (χ2v) is 4.12. The topological polar surface area (TPSA) is 66.0 Å². The molecule has 5 heteroatoms. The zero-order valence-electron chi connectivity index (χ0n) is 7.57. The minimum absolute atomic E-state index is 0.227. The molecule has 0 unspecified atom stereocenters. The molecule has 0 aliphatic carbocycles. The summed E-state index contributed by atoms with van der Waals surface area (Å²) in [6.45, 7) is 4.15. The van der Waals surface area contributed by atoms with Crippen molar-refractivity contribution in [2.75, 3.05) is 5.75 Å². The Morgan fingerprint density at radius 3 is 2.92 bits per heavy atom. The maximum Gasteiger partial charge on any atom is 0.255 e. The van der Waals surface area contributed by atoms with Crippen LogP contribution in [0.4, 0.5) is 0 Å². The van der Waals surface area contributed by atoms with Crippen molar-refractivity contribution in [2.45, 2.75) is 19.0 Å². The number of nitrogens with one attached hydrogen (secondary N) is 1. The Hall–Kier alpha value is -0.970. The lowest BCUT2D eigenvalue weighted by Crippen LogP contribution is -2.06. The molecule has 0 fully saturated rings. The summed E-state index contributed by atoms with van der Waals surface area (Å²) in [5.41, 5.74) is -0.321. The third kappa shape index (κ3) is 3.50. The molecule has 1 aromatic heterocycles. The number of rotatable bonds is 3. The van der Waals surface area contributed by atoms with Crippen molar-refractivity contribution in [3.8, 4) is 5.88 Å². The number of hydrogen-bond acceptors (Lipinski definition) is 4. The SMILES string of the molecule is CC(C)CSc1nc(O)cc(=O)[nH]1. The zero-order chi connectivity index (χ0) is 9.84. The Morgan fingerprint density at radius 1 is 1.69 bits per heavy atom. The maximum atomic E-state index is 10.9. The van der Waals surface area contributed by atoms with Gasteiger partial charge >= 0.3 is 0 Å². The largest absolute Gasteiger partial charge is 0.493 e. The maximum absolute atomic E-state index is 10.9. The molecule has 2 N–H and O–H groups in total. The molecule has 0 aliphatic heterocycles. The average molecular weight is 200 g/mol. The average Bonchev–Trinajstić information content (AvgIpc) is 1.99. The summed E-state index contributed by atoms with van der Waals surface area (Å²) in [4.78, 5) is 17.2. The van der Waals surface area contributed by atoms with E-state index >= 15 is 0 Å². The van der Waals surface area contributed by atoms with Crippen LogP contribution in [-0.2, 0) is 0 Å². The fourth-order valence-electron chi connectivity index (χ4n) is 0.737. The van der Waals surface area contributed by atoms with Crippen molar-refractivity contribution >= 4 is 11.8 Å². The van der Waals surface area contributed by atoms with E-state index in [2.05, 4.69) is 23.8 Å². The molecule has 0 amide bonds. The van der Waals surface area contributed by atoms with Crippen LogP contribution in [0.3, 0.4) is 0 Å². The molecule has 1 rings (SSSR count). The van der Waals surface area contributed by atoms with Crippen molar-refractivity contribution in [3.63, 3.8) is 0 Å². The van der Waals surface area contributed by atoms with Gasteiger partial charge in [-0.05, 0) is 5.92 Å². The van der Waals surface area contributed by atoms with Crippen LogP contribution in [-0.4, -0.2) is 20.8 Å². The first kappa shape index (κ1) is 10.1. The number of hydrogen-bond donors (Lipinski definition) is 2. The number of aromatic nitrogens is 2. The Kier molecular flexibility index (Phi) is 3.36. The van der Waals surface area contributed by atoms with Gasteiger partial charge in [-0.25, -0.2) is 0 Å². The molecular formula is C8H12N2O2S. The summed E-state index contributed by atoms with van der Waals surface area (Å²) >= 11 is 1.43. The molecule has 72 valence electrons. The van der Waals surface area contributed by atoms with E-state index in [1.54, 1.807) is 0 Å². The molecule has 13 heavy (non-hydrogen) atoms. The van der Waals surface area contributed by atoms with E-state index < -0.39 is 0 Å². The Balaban J connectivity index is 2.72. The van der Waals surface area contributed by atoms with E-state index in [1.807, 2.05) is 0 Å². The van der Waals surface area contributed by atoms with Gasteiger partial charge in [0.1, 0.15) is 0 Å². The summed E-state index contributed by atoms with van der Waals surface area (Å²) in [5, 5.41) is 9.49. The van der Waals surface area contributed by atoms with Gasteiger partial charge in [0.15, 0.2) is 5.16 Å². The summed E-state index contributed by atoms with van der Waals surface area (Å²) in [6, 6.07) is 1.05. The van der Waals surface area contributed by atoms with Crippen LogP contribution in [0.5, 0.6) is 5.88 Å². The van der Waals surface area contributed by atoms with Gasteiger partial charge in [-0.15, -0.1) is 0 Å². The fraction of sp³-hybridized carbons (Fsp3) is 0.500. The summed E-state index contributed by atoms with van der Waals surface area (Å²) in [5.74, 6) is 1.17. The minimum atomic E-state index is -0.321. The quantitative estimate of drug-likeness (QED) is 0.569. The first-order valence-corrected chi connectivity index (χ1v) is 4.99. The molecule has 0 radical (unpaired) electrons. The van der Waals surface area contributed by atoms with Crippen LogP contribution in [0.1, 0.15) is 13.8 Å². The smallest absolute Gasteiger partial charge is 0.255 e. The first-order chi connectivity index (χ1) is 6.08. The predicted octanol–water partition coefficient (Wildman–Crippen LogP) is 1.22. The highest BCUT2D eigenvalue weighted by Crippen LogP contribution is 2.16. The highest BCUT2D eigenvalue weighted by atomic mass is 32.2. The van der Waals surface area contributed by atoms with E-state index in [9.17, 15) is 4.79 Å². The lowest BCUT2D eigenvalue weighted by atomic mass is 10.3. The van der Waals surface area contributed by atoms with Gasteiger partial charge < -0.3 is 10.1 Å². The fourth-order valence-corrected chi connectivity index (χ4v) is 1.56. The monoisotopic (exact) mass is 200 g/mol. The van der Waals surface area contributed by atoms with E-state index in [1.165, 1.54) is 11.8 Å². The van der Waals surface area contributed by atoms with Gasteiger partial charge in [-0.3, -0.25) is 4.79 Å². The van der Waals surface area contributed by atoms with Gasteiger partial charge in [0.2, 0.25) is 5.88 Å². The van der Waals surface area contributed by atoms with Crippen molar-refractivity contribution in [3.05, 3.63) is 16.4 Å². The van der Waals surface area contributed by atoms with E-state index in [4.69, 9.17) is 5.11 Å². The molecule has 0 aliphatic rings. The Labute approximate surface area is 80.4 Å². The molecule has 0 saturated heterocycles. The molecule has 1 heterocycles. The molecular weight excluding hydrogens is 188 g/mol. The second kappa shape index (κ2) is 4.32. The zero-order valence-corrected chi connectivity index (χ0v) is 8.39. The van der Waals surface area contributed by atoms with Crippen LogP contribution in [0.15, 0.2) is 16.0 Å². The number of aromatic amines is 1. The third-order valence-electron chi connectivity index (χ3n) is 1.26. The number of nitrogens with zero attached hydrogens (tertiary/aromatic N) is 1. The van der Waals surface area contributed by atoms with Gasteiger partial charge in [0.25, 0.3) is 5.56 Å². The number of H-pyrrole nitrogens is 1. The Morgan fingerprint density at radius 2 is 2.38 bits per heavy atom. The molecule has 0 aromatic carbocycles. The van der Waals surface area contributed by atoms with Crippen LogP contribution in [0, 0.1) is 5.92 Å². The standard InChI is InChI=1S/C8H12N2O2S/c1-5(2)4-13-8-9-6(11)3-7(12)10-8/h3,5H,4H2,1-2H3,(H2,9,10,11,12). The predicted molar refractivity (Wildman–Crippen MR) is 52.1 cm³/mol. The first-order valence-electron chi connectivity index (χ1n) is 4.01. The molecule has 0 bridgehead atoms. The van der Waals surface area contributed by atoms with Crippen molar-refractivity contribution in [2.24, 2.45) is 5.92 Å². The van der Waals surface area contributed by atoms with Crippen molar-refractivity contribution in [1.82, 2.24) is 9.97 Å². The second-order valence-electron chi connectivity index (χ2n) is 3.11. The number of aromatic hydroxyl groups is 1. The van der Waals surface area contributed by atoms with Gasteiger partial charge in [0, 0.05) is 5.75 Å². The molecule has 4 nitrogen and oxygen atoms in total. The minimum Gasteiger partial charge on any atom is -0.493 e. The third-order valence-corrected chi connectivity index (χ3v) is 2.56. The molecule has 0 spiro atoms. The summed E-state index contributed by atoms with van der Waals surface area (Å²) in [6.07, 6.45) is 0. The van der Waals surface area contributed by atoms with Crippen LogP contribution in [0.2, 0.25) is 0 Å². The van der Waals surface area contributed by atoms with Crippen molar-refractivity contribution in [1.29, 1.82) is 0 Å². The van der Waals surface area contributed by atoms with Crippen LogP contribution in [0.25, 0.3) is 0 Å². The molecule has 1 aromatic rings. The lowest BCUT2D eigenvalue weighted by Gasteiger charge is -2.02. The Bertz CT molecular complexity index is 335. The highest BCUT2D eigenvalue weighted by Gasteiger charge is 2.01. The van der Waals surface area contributed by atoms with Crippen LogP contribution >= 0.6 is 11.8 Å². The van der Waals surface area contributed by atoms with Gasteiger partial charge in [-0.2, -0.15) is 4.98 Å². The van der Waals surface area contributed by atoms with E-state index in [-0.39, 0.29) is 11.4 Å². The highest BCUT2D eigenvalue weighted by molar-refractivity contribution is 7.99. The van der Waals surface area contributed by atoms with Crippen molar-refractivity contribution < 1.29 is 5.11 Å². The van der Waals surface area contributed by atoms with Gasteiger partial charge in [-0.1, -0.05) is 25.6 Å². The summed E-state index contributed by atoms with van der Waals surface area (Å²) in [7, 11) is 0. The summed E-state index contributed by atoms with van der Waals surface area (Å²) < 4.78 is 0. The lowest BCUT2D eigenvalue weighted by molar-refractivity contribution is 0.444. The van der Waals surface area contributed by atoms with Gasteiger partial charge in [0.05, 0.1) is 6.07 Å². The van der Waals surface area contributed by atoms with E-state index in [0.29, 0.717) is 11.1 Å². The molecule has 0 saturated carbocycles. The number of thioether (sulfide) groups is 1.